The molecule has 5 heteroatoms. The van der Waals surface area contributed by atoms with E-state index in [1.54, 1.807) is 0 Å². The molecule has 4 atom stereocenters. The van der Waals surface area contributed by atoms with Gasteiger partial charge in [0.1, 0.15) is 18.3 Å². The summed E-state index contributed by atoms with van der Waals surface area (Å²) in [6.07, 6.45) is -1.69. The molecule has 2 heterocycles. The lowest BCUT2D eigenvalue weighted by Crippen LogP contribution is -2.41. The SMILES string of the molecule is CC(C)NC[C@H]1O[C@@H]2OC(C)(C)O[C@@H]2[C@H]1O. The van der Waals surface area contributed by atoms with Crippen LogP contribution in [-0.2, 0) is 14.2 Å². The van der Waals surface area contributed by atoms with E-state index in [4.69, 9.17) is 14.2 Å². The first-order valence-electron chi connectivity index (χ1n) is 5.81. The van der Waals surface area contributed by atoms with Crippen LogP contribution < -0.4 is 5.32 Å². The highest BCUT2D eigenvalue weighted by Crippen LogP contribution is 2.37. The molecule has 0 radical (unpaired) electrons. The normalized spacial score (nSPS) is 41.6. The van der Waals surface area contributed by atoms with Crippen LogP contribution in [0.1, 0.15) is 27.7 Å². The minimum Gasteiger partial charge on any atom is -0.387 e. The zero-order chi connectivity index (χ0) is 11.9. The molecular weight excluding hydrogens is 210 g/mol. The van der Waals surface area contributed by atoms with Gasteiger partial charge in [0.05, 0.1) is 0 Å². The second kappa shape index (κ2) is 4.23. The highest BCUT2D eigenvalue weighted by molar-refractivity contribution is 4.93. The van der Waals surface area contributed by atoms with Crippen molar-refractivity contribution >= 4 is 0 Å². The topological polar surface area (TPSA) is 60.0 Å². The van der Waals surface area contributed by atoms with Gasteiger partial charge in [0, 0.05) is 12.6 Å². The maximum Gasteiger partial charge on any atom is 0.190 e. The van der Waals surface area contributed by atoms with Crippen LogP contribution >= 0.6 is 0 Å². The first-order chi connectivity index (χ1) is 7.39. The Balaban J connectivity index is 1.90. The van der Waals surface area contributed by atoms with Crippen molar-refractivity contribution in [3.63, 3.8) is 0 Å². The summed E-state index contributed by atoms with van der Waals surface area (Å²) in [7, 11) is 0. The molecular formula is C11H21NO4. The average molecular weight is 231 g/mol. The Bertz CT molecular complexity index is 256. The highest BCUT2D eigenvalue weighted by Gasteiger charge is 2.53. The van der Waals surface area contributed by atoms with Gasteiger partial charge in [-0.1, -0.05) is 13.8 Å². The van der Waals surface area contributed by atoms with Gasteiger partial charge in [-0.05, 0) is 13.8 Å². The molecule has 16 heavy (non-hydrogen) atoms. The number of aliphatic hydroxyl groups is 1. The quantitative estimate of drug-likeness (QED) is 0.727. The number of nitrogens with one attached hydrogen (secondary N) is 1. The maximum absolute atomic E-state index is 10.0. The summed E-state index contributed by atoms with van der Waals surface area (Å²) in [6, 6.07) is 0.370. The summed E-state index contributed by atoms with van der Waals surface area (Å²) in [5.74, 6) is -0.660. The van der Waals surface area contributed by atoms with Crippen molar-refractivity contribution in [2.45, 2.75) is 64.1 Å². The number of ether oxygens (including phenoxy) is 3. The van der Waals surface area contributed by atoms with Gasteiger partial charge in [0.15, 0.2) is 12.1 Å². The lowest BCUT2D eigenvalue weighted by Gasteiger charge is -2.23. The van der Waals surface area contributed by atoms with E-state index in [9.17, 15) is 5.11 Å². The maximum atomic E-state index is 10.0. The standard InChI is InChI=1S/C11H21NO4/c1-6(2)12-5-7-8(13)9-10(14-7)16-11(3,4)15-9/h6-10,12-13H,5H2,1-4H3/t7-,8+,9-,10-/m1/s1. The Kier molecular flexibility index (Phi) is 3.25. The van der Waals surface area contributed by atoms with Crippen LogP contribution in [0.5, 0.6) is 0 Å². The van der Waals surface area contributed by atoms with E-state index in [1.165, 1.54) is 0 Å². The Morgan fingerprint density at radius 1 is 1.31 bits per heavy atom. The first kappa shape index (κ1) is 12.3. The van der Waals surface area contributed by atoms with E-state index >= 15 is 0 Å². The van der Waals surface area contributed by atoms with Crippen molar-refractivity contribution in [3.05, 3.63) is 0 Å². The monoisotopic (exact) mass is 231 g/mol. The van der Waals surface area contributed by atoms with Crippen LogP contribution in [-0.4, -0.2) is 48.1 Å². The first-order valence-corrected chi connectivity index (χ1v) is 5.81. The van der Waals surface area contributed by atoms with Gasteiger partial charge in [-0.3, -0.25) is 0 Å². The number of rotatable bonds is 3. The van der Waals surface area contributed by atoms with Crippen molar-refractivity contribution in [1.29, 1.82) is 0 Å². The van der Waals surface area contributed by atoms with Gasteiger partial charge < -0.3 is 24.6 Å². The number of hydrogen-bond acceptors (Lipinski definition) is 5. The fourth-order valence-electron chi connectivity index (χ4n) is 2.08. The molecule has 2 N–H and O–H groups in total. The molecule has 0 bridgehead atoms. The number of aliphatic hydroxyl groups excluding tert-OH is 1. The Labute approximate surface area is 96.1 Å². The molecule has 0 spiro atoms. The minimum absolute atomic E-state index is 0.256. The summed E-state index contributed by atoms with van der Waals surface area (Å²) in [5, 5.41) is 13.3. The summed E-state index contributed by atoms with van der Waals surface area (Å²) in [5.41, 5.74) is 0. The van der Waals surface area contributed by atoms with E-state index in [2.05, 4.69) is 19.2 Å². The predicted octanol–water partition coefficient (Wildman–Crippen LogP) is 0.222. The van der Waals surface area contributed by atoms with Crippen LogP contribution in [0.4, 0.5) is 0 Å². The molecule has 2 saturated heterocycles. The number of hydrogen-bond donors (Lipinski definition) is 2. The summed E-state index contributed by atoms with van der Waals surface area (Å²) >= 11 is 0. The molecule has 0 unspecified atom stereocenters. The largest absolute Gasteiger partial charge is 0.387 e. The Morgan fingerprint density at radius 2 is 2.00 bits per heavy atom. The number of fused-ring (bicyclic) bond motifs is 1. The zero-order valence-corrected chi connectivity index (χ0v) is 10.3. The van der Waals surface area contributed by atoms with Gasteiger partial charge in [0.25, 0.3) is 0 Å². The second-order valence-corrected chi connectivity index (χ2v) is 5.20. The molecule has 0 aromatic rings. The van der Waals surface area contributed by atoms with E-state index in [0.717, 1.165) is 0 Å². The molecule has 2 aliphatic heterocycles. The molecule has 0 amide bonds. The van der Waals surface area contributed by atoms with Crippen molar-refractivity contribution < 1.29 is 19.3 Å². The average Bonchev–Trinajstić information content (AvgIpc) is 2.58. The van der Waals surface area contributed by atoms with Crippen molar-refractivity contribution in [2.24, 2.45) is 0 Å². The van der Waals surface area contributed by atoms with Crippen LogP contribution in [0.15, 0.2) is 0 Å². The minimum atomic E-state index is -0.660. The van der Waals surface area contributed by atoms with Gasteiger partial charge in [-0.2, -0.15) is 0 Å². The van der Waals surface area contributed by atoms with Crippen LogP contribution in [0.2, 0.25) is 0 Å². The lowest BCUT2D eigenvalue weighted by molar-refractivity contribution is -0.214. The summed E-state index contributed by atoms with van der Waals surface area (Å²) in [6.45, 7) is 8.36. The van der Waals surface area contributed by atoms with Crippen LogP contribution in [0.25, 0.3) is 0 Å². The van der Waals surface area contributed by atoms with Gasteiger partial charge in [-0.25, -0.2) is 0 Å². The third-order valence-electron chi connectivity index (χ3n) is 2.84. The van der Waals surface area contributed by atoms with Gasteiger partial charge >= 0.3 is 0 Å². The fourth-order valence-corrected chi connectivity index (χ4v) is 2.08. The molecule has 0 saturated carbocycles. The third-order valence-corrected chi connectivity index (χ3v) is 2.84. The van der Waals surface area contributed by atoms with Crippen molar-refractivity contribution in [1.82, 2.24) is 5.32 Å². The van der Waals surface area contributed by atoms with E-state index in [1.807, 2.05) is 13.8 Å². The van der Waals surface area contributed by atoms with Gasteiger partial charge in [-0.15, -0.1) is 0 Å². The predicted molar refractivity (Wildman–Crippen MR) is 57.8 cm³/mol. The van der Waals surface area contributed by atoms with E-state index in [-0.39, 0.29) is 12.2 Å². The molecule has 2 fully saturated rings. The molecule has 94 valence electrons. The molecule has 0 aliphatic carbocycles. The van der Waals surface area contributed by atoms with E-state index in [0.29, 0.717) is 12.6 Å². The molecule has 0 aromatic heterocycles. The van der Waals surface area contributed by atoms with Crippen LogP contribution in [0, 0.1) is 0 Å². The van der Waals surface area contributed by atoms with Crippen molar-refractivity contribution in [2.75, 3.05) is 6.54 Å². The zero-order valence-electron chi connectivity index (χ0n) is 10.3. The molecule has 0 aromatic carbocycles. The fraction of sp³-hybridized carbons (Fsp3) is 1.00. The van der Waals surface area contributed by atoms with Gasteiger partial charge in [0.2, 0.25) is 0 Å². The smallest absolute Gasteiger partial charge is 0.190 e. The molecule has 5 nitrogen and oxygen atoms in total. The van der Waals surface area contributed by atoms with E-state index < -0.39 is 18.2 Å². The second-order valence-electron chi connectivity index (χ2n) is 5.20. The summed E-state index contributed by atoms with van der Waals surface area (Å²) < 4.78 is 16.8. The third kappa shape index (κ3) is 2.38. The van der Waals surface area contributed by atoms with Crippen LogP contribution in [0.3, 0.4) is 0 Å². The Morgan fingerprint density at radius 3 is 2.56 bits per heavy atom. The summed E-state index contributed by atoms with van der Waals surface area (Å²) in [4.78, 5) is 0. The molecule has 2 aliphatic rings. The molecule has 2 rings (SSSR count). The highest BCUT2D eigenvalue weighted by atomic mass is 16.8. The Hall–Kier alpha value is -0.200. The lowest BCUT2D eigenvalue weighted by atomic mass is 10.1. The van der Waals surface area contributed by atoms with Crippen molar-refractivity contribution in [3.8, 4) is 0 Å².